The fourth-order valence-corrected chi connectivity index (χ4v) is 1.50. The van der Waals surface area contributed by atoms with E-state index in [0.717, 1.165) is 11.6 Å². The SMILES string of the molecule is Clc1cccc([C@H]2CCN2)c1. The first kappa shape index (κ1) is 7.14. The van der Waals surface area contributed by atoms with Gasteiger partial charge in [-0.05, 0) is 30.7 Å². The third-order valence-electron chi connectivity index (χ3n) is 2.07. The van der Waals surface area contributed by atoms with Crippen LogP contribution in [0.3, 0.4) is 0 Å². The number of hydrogen-bond acceptors (Lipinski definition) is 1. The smallest absolute Gasteiger partial charge is 0.0409 e. The fourth-order valence-electron chi connectivity index (χ4n) is 1.30. The van der Waals surface area contributed by atoms with Crippen LogP contribution in [-0.2, 0) is 0 Å². The summed E-state index contributed by atoms with van der Waals surface area (Å²) in [6, 6.07) is 8.59. The average molecular weight is 168 g/mol. The van der Waals surface area contributed by atoms with Crippen LogP contribution in [0.25, 0.3) is 0 Å². The van der Waals surface area contributed by atoms with Crippen LogP contribution in [0.4, 0.5) is 0 Å². The molecule has 0 spiro atoms. The molecular formula is C9H10ClN. The van der Waals surface area contributed by atoms with Crippen molar-refractivity contribution in [1.29, 1.82) is 0 Å². The quantitative estimate of drug-likeness (QED) is 0.677. The molecule has 2 rings (SSSR count). The molecule has 0 bridgehead atoms. The zero-order valence-corrected chi connectivity index (χ0v) is 6.93. The zero-order valence-electron chi connectivity index (χ0n) is 6.18. The molecule has 1 nitrogen and oxygen atoms in total. The minimum atomic E-state index is 0.550. The molecule has 2 heteroatoms. The third-order valence-corrected chi connectivity index (χ3v) is 2.31. The summed E-state index contributed by atoms with van der Waals surface area (Å²) in [5.74, 6) is 0. The molecule has 0 aromatic heterocycles. The van der Waals surface area contributed by atoms with Crippen molar-refractivity contribution in [2.75, 3.05) is 6.54 Å². The molecule has 1 N–H and O–H groups in total. The molecule has 0 aliphatic carbocycles. The van der Waals surface area contributed by atoms with E-state index in [-0.39, 0.29) is 0 Å². The van der Waals surface area contributed by atoms with Crippen molar-refractivity contribution in [2.45, 2.75) is 12.5 Å². The maximum atomic E-state index is 5.84. The van der Waals surface area contributed by atoms with Crippen LogP contribution in [0, 0.1) is 0 Å². The second kappa shape index (κ2) is 2.84. The van der Waals surface area contributed by atoms with Gasteiger partial charge < -0.3 is 5.32 Å². The minimum absolute atomic E-state index is 0.550. The number of nitrogens with one attached hydrogen (secondary N) is 1. The van der Waals surface area contributed by atoms with Crippen molar-refractivity contribution in [3.05, 3.63) is 34.9 Å². The Kier molecular flexibility index (Phi) is 1.84. The van der Waals surface area contributed by atoms with Crippen LogP contribution in [0.5, 0.6) is 0 Å². The molecule has 11 heavy (non-hydrogen) atoms. The van der Waals surface area contributed by atoms with Gasteiger partial charge in [0, 0.05) is 11.1 Å². The lowest BCUT2D eigenvalue weighted by Gasteiger charge is -2.27. The van der Waals surface area contributed by atoms with E-state index in [1.54, 1.807) is 0 Å². The molecule has 1 atom stereocenters. The van der Waals surface area contributed by atoms with Gasteiger partial charge in [0.1, 0.15) is 0 Å². The second-order valence-corrected chi connectivity index (χ2v) is 3.29. The molecule has 0 unspecified atom stereocenters. The highest BCUT2D eigenvalue weighted by atomic mass is 35.5. The van der Waals surface area contributed by atoms with Gasteiger partial charge in [-0.15, -0.1) is 0 Å². The van der Waals surface area contributed by atoms with Crippen molar-refractivity contribution in [3.63, 3.8) is 0 Å². The standard InChI is InChI=1S/C9H10ClN/c10-8-3-1-2-7(6-8)9-4-5-11-9/h1-3,6,9,11H,4-5H2/t9-/m1/s1. The summed E-state index contributed by atoms with van der Waals surface area (Å²) in [6.45, 7) is 1.14. The monoisotopic (exact) mass is 167 g/mol. The molecular weight excluding hydrogens is 158 g/mol. The summed E-state index contributed by atoms with van der Waals surface area (Å²) in [6.07, 6.45) is 1.24. The summed E-state index contributed by atoms with van der Waals surface area (Å²) in [5.41, 5.74) is 1.31. The number of benzene rings is 1. The van der Waals surface area contributed by atoms with Gasteiger partial charge in [-0.2, -0.15) is 0 Å². The van der Waals surface area contributed by atoms with E-state index in [0.29, 0.717) is 6.04 Å². The van der Waals surface area contributed by atoms with Gasteiger partial charge in [0.25, 0.3) is 0 Å². The lowest BCUT2D eigenvalue weighted by molar-refractivity contribution is 0.383. The second-order valence-electron chi connectivity index (χ2n) is 2.85. The van der Waals surface area contributed by atoms with Crippen molar-refractivity contribution in [1.82, 2.24) is 5.32 Å². The Balaban J connectivity index is 2.23. The molecule has 58 valence electrons. The Morgan fingerprint density at radius 3 is 2.82 bits per heavy atom. The number of rotatable bonds is 1. The molecule has 0 saturated carbocycles. The van der Waals surface area contributed by atoms with Gasteiger partial charge in [-0.25, -0.2) is 0 Å². The normalized spacial score (nSPS) is 22.8. The Hall–Kier alpha value is -0.530. The highest BCUT2D eigenvalue weighted by Gasteiger charge is 2.17. The van der Waals surface area contributed by atoms with Crippen molar-refractivity contribution in [2.24, 2.45) is 0 Å². The molecule has 1 aromatic rings. The molecule has 1 aliphatic heterocycles. The number of hydrogen-bond donors (Lipinski definition) is 1. The summed E-state index contributed by atoms with van der Waals surface area (Å²) >= 11 is 5.84. The highest BCUT2D eigenvalue weighted by Crippen LogP contribution is 2.24. The van der Waals surface area contributed by atoms with E-state index in [1.807, 2.05) is 18.2 Å². The van der Waals surface area contributed by atoms with E-state index in [1.165, 1.54) is 12.0 Å². The average Bonchev–Trinajstić information content (AvgIpc) is 1.83. The van der Waals surface area contributed by atoms with E-state index < -0.39 is 0 Å². The van der Waals surface area contributed by atoms with Gasteiger partial charge >= 0.3 is 0 Å². The maximum Gasteiger partial charge on any atom is 0.0409 e. The van der Waals surface area contributed by atoms with Gasteiger partial charge in [0.2, 0.25) is 0 Å². The lowest BCUT2D eigenvalue weighted by atomic mass is 9.98. The molecule has 1 saturated heterocycles. The van der Waals surface area contributed by atoms with Crippen molar-refractivity contribution < 1.29 is 0 Å². The summed E-state index contributed by atoms with van der Waals surface area (Å²) in [4.78, 5) is 0. The third kappa shape index (κ3) is 1.39. The minimum Gasteiger partial charge on any atom is -0.310 e. The summed E-state index contributed by atoms with van der Waals surface area (Å²) < 4.78 is 0. The highest BCUT2D eigenvalue weighted by molar-refractivity contribution is 6.30. The van der Waals surface area contributed by atoms with E-state index >= 15 is 0 Å². The zero-order chi connectivity index (χ0) is 7.68. The largest absolute Gasteiger partial charge is 0.310 e. The molecule has 1 aromatic carbocycles. The first-order chi connectivity index (χ1) is 5.36. The molecule has 1 aliphatic rings. The lowest BCUT2D eigenvalue weighted by Crippen LogP contribution is -2.34. The predicted molar refractivity (Wildman–Crippen MR) is 46.8 cm³/mol. The van der Waals surface area contributed by atoms with Gasteiger partial charge in [0.05, 0.1) is 0 Å². The molecule has 0 amide bonds. The molecule has 1 fully saturated rings. The van der Waals surface area contributed by atoms with E-state index in [4.69, 9.17) is 11.6 Å². The molecule has 1 heterocycles. The van der Waals surface area contributed by atoms with Crippen LogP contribution >= 0.6 is 11.6 Å². The van der Waals surface area contributed by atoms with Crippen LogP contribution in [0.2, 0.25) is 5.02 Å². The Morgan fingerprint density at radius 2 is 2.27 bits per heavy atom. The van der Waals surface area contributed by atoms with Gasteiger partial charge in [-0.1, -0.05) is 23.7 Å². The first-order valence-corrected chi connectivity index (χ1v) is 4.23. The molecule has 0 radical (unpaired) electrons. The fraction of sp³-hybridized carbons (Fsp3) is 0.333. The van der Waals surface area contributed by atoms with Gasteiger partial charge in [0.15, 0.2) is 0 Å². The number of halogens is 1. The Labute approximate surface area is 71.4 Å². The van der Waals surface area contributed by atoms with Crippen molar-refractivity contribution >= 4 is 11.6 Å². The topological polar surface area (TPSA) is 12.0 Å². The summed E-state index contributed by atoms with van der Waals surface area (Å²) in [7, 11) is 0. The van der Waals surface area contributed by atoms with Crippen LogP contribution in [0.15, 0.2) is 24.3 Å². The van der Waals surface area contributed by atoms with Crippen LogP contribution < -0.4 is 5.32 Å². The van der Waals surface area contributed by atoms with Crippen LogP contribution in [0.1, 0.15) is 18.0 Å². The van der Waals surface area contributed by atoms with E-state index in [9.17, 15) is 0 Å². The predicted octanol–water partition coefficient (Wildman–Crippen LogP) is 2.37. The van der Waals surface area contributed by atoms with Gasteiger partial charge in [-0.3, -0.25) is 0 Å². The van der Waals surface area contributed by atoms with Crippen LogP contribution in [-0.4, -0.2) is 6.54 Å². The van der Waals surface area contributed by atoms with E-state index in [2.05, 4.69) is 11.4 Å². The van der Waals surface area contributed by atoms with Crippen molar-refractivity contribution in [3.8, 4) is 0 Å². The Morgan fingerprint density at radius 1 is 1.45 bits per heavy atom. The maximum absolute atomic E-state index is 5.84. The Bertz CT molecular complexity index is 255. The first-order valence-electron chi connectivity index (χ1n) is 3.85. The summed E-state index contributed by atoms with van der Waals surface area (Å²) in [5, 5.41) is 4.16.